The fourth-order valence-corrected chi connectivity index (χ4v) is 1.79. The Morgan fingerprint density at radius 2 is 1.82 bits per heavy atom. The summed E-state index contributed by atoms with van der Waals surface area (Å²) in [5.74, 6) is -0.556. The minimum absolute atomic E-state index is 0.278. The number of amides is 2. The molecule has 0 bridgehead atoms. The van der Waals surface area contributed by atoms with Crippen molar-refractivity contribution in [2.45, 2.75) is 6.92 Å². The summed E-state index contributed by atoms with van der Waals surface area (Å²) in [6.07, 6.45) is 2.19. The molecule has 0 saturated carbocycles. The van der Waals surface area contributed by atoms with Gasteiger partial charge in [-0.2, -0.15) is 0 Å². The summed E-state index contributed by atoms with van der Waals surface area (Å²) in [7, 11) is 0. The standard InChI is InChI=1S/C13H13N2O2/c1-3-8-14-9(2)15-12(16)10-6-4-5-7-11(10)13(15)17/h3-7,14H,1,8H2,2H3. The topological polar surface area (TPSA) is 49.4 Å². The Kier molecular flexibility index (Phi) is 3.06. The minimum atomic E-state index is -0.278. The predicted molar refractivity (Wildman–Crippen MR) is 64.1 cm³/mol. The van der Waals surface area contributed by atoms with Crippen LogP contribution in [-0.2, 0) is 0 Å². The summed E-state index contributed by atoms with van der Waals surface area (Å²) < 4.78 is 0. The molecule has 0 unspecified atom stereocenters. The third kappa shape index (κ3) is 1.87. The lowest BCUT2D eigenvalue weighted by Gasteiger charge is -2.21. The zero-order chi connectivity index (χ0) is 12.4. The van der Waals surface area contributed by atoms with Gasteiger partial charge in [0.1, 0.15) is 6.17 Å². The van der Waals surface area contributed by atoms with E-state index in [0.29, 0.717) is 23.8 Å². The molecule has 0 aliphatic carbocycles. The highest BCUT2D eigenvalue weighted by Gasteiger charge is 2.38. The Morgan fingerprint density at radius 3 is 2.29 bits per heavy atom. The first-order valence-electron chi connectivity index (χ1n) is 5.33. The van der Waals surface area contributed by atoms with E-state index in [1.807, 2.05) is 0 Å². The lowest BCUT2D eigenvalue weighted by Crippen LogP contribution is -2.40. The monoisotopic (exact) mass is 229 g/mol. The Hall–Kier alpha value is -1.94. The Labute approximate surface area is 99.9 Å². The van der Waals surface area contributed by atoms with Crippen molar-refractivity contribution in [1.82, 2.24) is 10.2 Å². The second-order valence-corrected chi connectivity index (χ2v) is 3.75. The predicted octanol–water partition coefficient (Wildman–Crippen LogP) is 1.57. The van der Waals surface area contributed by atoms with Crippen LogP contribution < -0.4 is 5.32 Å². The smallest absolute Gasteiger partial charge is 0.263 e. The van der Waals surface area contributed by atoms with E-state index in [2.05, 4.69) is 11.9 Å². The van der Waals surface area contributed by atoms with Crippen molar-refractivity contribution < 1.29 is 9.59 Å². The van der Waals surface area contributed by atoms with Crippen LogP contribution in [0.5, 0.6) is 0 Å². The summed E-state index contributed by atoms with van der Waals surface area (Å²) >= 11 is 0. The van der Waals surface area contributed by atoms with Gasteiger partial charge < -0.3 is 0 Å². The highest BCUT2D eigenvalue weighted by molar-refractivity contribution is 6.22. The SMILES string of the molecule is C=CCN[C](C)N1C(=O)c2ccccc2C1=O. The van der Waals surface area contributed by atoms with Crippen molar-refractivity contribution >= 4 is 11.8 Å². The number of carbonyl (C=O) groups is 2. The maximum absolute atomic E-state index is 12.0. The van der Waals surface area contributed by atoms with Gasteiger partial charge >= 0.3 is 0 Å². The van der Waals surface area contributed by atoms with Gasteiger partial charge in [-0.25, -0.2) is 0 Å². The van der Waals surface area contributed by atoms with Gasteiger partial charge in [-0.05, 0) is 19.1 Å². The summed E-state index contributed by atoms with van der Waals surface area (Å²) in [4.78, 5) is 25.2. The molecule has 87 valence electrons. The number of carbonyl (C=O) groups excluding carboxylic acids is 2. The molecular formula is C13H13N2O2. The highest BCUT2D eigenvalue weighted by Crippen LogP contribution is 2.25. The van der Waals surface area contributed by atoms with Crippen LogP contribution in [-0.4, -0.2) is 23.3 Å². The van der Waals surface area contributed by atoms with E-state index in [4.69, 9.17) is 0 Å². The zero-order valence-electron chi connectivity index (χ0n) is 9.56. The van der Waals surface area contributed by atoms with Crippen molar-refractivity contribution in [2.24, 2.45) is 0 Å². The van der Waals surface area contributed by atoms with Gasteiger partial charge in [0.25, 0.3) is 11.8 Å². The first-order valence-corrected chi connectivity index (χ1v) is 5.33. The van der Waals surface area contributed by atoms with Crippen LogP contribution >= 0.6 is 0 Å². The molecule has 1 heterocycles. The molecule has 1 aliphatic heterocycles. The molecular weight excluding hydrogens is 216 g/mol. The summed E-state index contributed by atoms with van der Waals surface area (Å²) in [6, 6.07) is 6.83. The van der Waals surface area contributed by atoms with E-state index in [1.54, 1.807) is 37.3 Å². The van der Waals surface area contributed by atoms with Crippen LogP contribution in [0.15, 0.2) is 36.9 Å². The van der Waals surface area contributed by atoms with Gasteiger partial charge in [0.15, 0.2) is 0 Å². The zero-order valence-corrected chi connectivity index (χ0v) is 9.56. The maximum atomic E-state index is 12.0. The Morgan fingerprint density at radius 1 is 1.29 bits per heavy atom. The van der Waals surface area contributed by atoms with Crippen molar-refractivity contribution in [3.8, 4) is 0 Å². The van der Waals surface area contributed by atoms with E-state index < -0.39 is 0 Å². The Bertz CT molecular complexity index is 447. The van der Waals surface area contributed by atoms with Gasteiger partial charge in [-0.3, -0.25) is 19.8 Å². The third-order valence-electron chi connectivity index (χ3n) is 2.63. The molecule has 1 aromatic rings. The second kappa shape index (κ2) is 4.51. The number of rotatable bonds is 4. The maximum Gasteiger partial charge on any atom is 0.263 e. The van der Waals surface area contributed by atoms with E-state index in [-0.39, 0.29) is 11.8 Å². The van der Waals surface area contributed by atoms with E-state index in [9.17, 15) is 9.59 Å². The molecule has 2 amide bonds. The molecule has 2 rings (SSSR count). The molecule has 1 radical (unpaired) electrons. The van der Waals surface area contributed by atoms with Gasteiger partial charge in [0.2, 0.25) is 0 Å². The van der Waals surface area contributed by atoms with Crippen LogP contribution in [0.1, 0.15) is 27.6 Å². The van der Waals surface area contributed by atoms with Crippen LogP contribution in [0.3, 0.4) is 0 Å². The van der Waals surface area contributed by atoms with Gasteiger partial charge in [0, 0.05) is 6.54 Å². The first kappa shape index (κ1) is 11.5. The lowest BCUT2D eigenvalue weighted by atomic mass is 10.1. The Balaban J connectivity index is 2.26. The second-order valence-electron chi connectivity index (χ2n) is 3.75. The average Bonchev–Trinajstić information content (AvgIpc) is 2.60. The molecule has 1 N–H and O–H groups in total. The van der Waals surface area contributed by atoms with E-state index >= 15 is 0 Å². The van der Waals surface area contributed by atoms with Crippen molar-refractivity contribution in [3.05, 3.63) is 54.2 Å². The molecule has 0 spiro atoms. The fourth-order valence-electron chi connectivity index (χ4n) is 1.79. The summed E-state index contributed by atoms with van der Waals surface area (Å²) in [5, 5.41) is 2.95. The largest absolute Gasteiger partial charge is 0.288 e. The third-order valence-corrected chi connectivity index (χ3v) is 2.63. The van der Waals surface area contributed by atoms with E-state index in [0.717, 1.165) is 4.90 Å². The molecule has 4 heteroatoms. The van der Waals surface area contributed by atoms with Crippen molar-refractivity contribution in [2.75, 3.05) is 6.54 Å². The number of benzene rings is 1. The van der Waals surface area contributed by atoms with Crippen LogP contribution in [0.2, 0.25) is 0 Å². The van der Waals surface area contributed by atoms with Gasteiger partial charge in [-0.1, -0.05) is 18.2 Å². The van der Waals surface area contributed by atoms with Crippen LogP contribution in [0.25, 0.3) is 0 Å². The number of hydrogen-bond acceptors (Lipinski definition) is 3. The van der Waals surface area contributed by atoms with E-state index in [1.165, 1.54) is 0 Å². The average molecular weight is 229 g/mol. The minimum Gasteiger partial charge on any atom is -0.288 e. The van der Waals surface area contributed by atoms with Gasteiger partial charge in [0.05, 0.1) is 11.1 Å². The molecule has 1 aliphatic rings. The molecule has 0 atom stereocenters. The molecule has 17 heavy (non-hydrogen) atoms. The number of imide groups is 1. The molecule has 0 aromatic heterocycles. The van der Waals surface area contributed by atoms with Crippen LogP contribution in [0.4, 0.5) is 0 Å². The number of hydrogen-bond donors (Lipinski definition) is 1. The first-order chi connectivity index (χ1) is 8.16. The summed E-state index contributed by atoms with van der Waals surface area (Å²) in [5.41, 5.74) is 0.912. The number of nitrogens with one attached hydrogen (secondary N) is 1. The summed E-state index contributed by atoms with van der Waals surface area (Å²) in [6.45, 7) is 5.79. The quantitative estimate of drug-likeness (QED) is 0.629. The normalized spacial score (nSPS) is 14.4. The molecule has 4 nitrogen and oxygen atoms in total. The van der Waals surface area contributed by atoms with Gasteiger partial charge in [-0.15, -0.1) is 6.58 Å². The van der Waals surface area contributed by atoms with Crippen LogP contribution in [0, 0.1) is 6.17 Å². The molecule has 1 aromatic carbocycles. The fraction of sp³-hybridized carbons (Fsp3) is 0.154. The lowest BCUT2D eigenvalue weighted by molar-refractivity contribution is 0.0654. The molecule has 0 fully saturated rings. The van der Waals surface area contributed by atoms with Crippen molar-refractivity contribution in [3.63, 3.8) is 0 Å². The number of fused-ring (bicyclic) bond motifs is 1. The molecule has 0 saturated heterocycles. The number of nitrogens with zero attached hydrogens (tertiary/aromatic N) is 1. The highest BCUT2D eigenvalue weighted by atomic mass is 16.2. The van der Waals surface area contributed by atoms with Crippen molar-refractivity contribution in [1.29, 1.82) is 0 Å².